The van der Waals surface area contributed by atoms with E-state index in [9.17, 15) is 14.4 Å². The molecule has 3 rings (SSSR count). The van der Waals surface area contributed by atoms with Gasteiger partial charge in [0, 0.05) is 29.9 Å². The maximum atomic E-state index is 12.8. The minimum absolute atomic E-state index is 0.000288. The Morgan fingerprint density at radius 1 is 1.19 bits per heavy atom. The lowest BCUT2D eigenvalue weighted by Gasteiger charge is -2.33. The van der Waals surface area contributed by atoms with Gasteiger partial charge in [0.1, 0.15) is 6.26 Å². The van der Waals surface area contributed by atoms with Crippen molar-refractivity contribution >= 4 is 23.5 Å². The first-order chi connectivity index (χ1) is 12.9. The molecular weight excluding hydrogens is 348 g/mol. The smallest absolute Gasteiger partial charge is 0.338 e. The summed E-state index contributed by atoms with van der Waals surface area (Å²) in [6.07, 6.45) is 4.20. The number of likely N-dealkylation sites (tertiary alicyclic amines) is 1. The lowest BCUT2D eigenvalue weighted by Crippen LogP contribution is -2.42. The molecule has 0 aliphatic carbocycles. The fourth-order valence-electron chi connectivity index (χ4n) is 3.25. The van der Waals surface area contributed by atoms with Gasteiger partial charge in [0.15, 0.2) is 5.76 Å². The van der Waals surface area contributed by atoms with Crippen LogP contribution in [-0.2, 0) is 0 Å². The number of rotatable bonds is 4. The normalized spacial score (nSPS) is 16.8. The lowest BCUT2D eigenvalue weighted by atomic mass is 10.0. The molecule has 1 aliphatic heterocycles. The van der Waals surface area contributed by atoms with E-state index in [0.29, 0.717) is 11.3 Å². The molecule has 142 valence electrons. The Kier molecular flexibility index (Phi) is 5.30. The third-order valence-electron chi connectivity index (χ3n) is 4.86. The Morgan fingerprint density at radius 3 is 2.59 bits per heavy atom. The van der Waals surface area contributed by atoms with Crippen LogP contribution in [0.5, 0.6) is 0 Å². The van der Waals surface area contributed by atoms with Gasteiger partial charge in [-0.1, -0.05) is 0 Å². The molecule has 2 aromatic rings. The molecule has 0 bridgehead atoms. The summed E-state index contributed by atoms with van der Waals surface area (Å²) in [5.41, 5.74) is 1.78. The molecule has 7 nitrogen and oxygen atoms in total. The van der Waals surface area contributed by atoms with Crippen molar-refractivity contribution in [2.24, 2.45) is 0 Å². The second-order valence-corrected chi connectivity index (χ2v) is 6.83. The Labute approximate surface area is 157 Å². The van der Waals surface area contributed by atoms with Crippen LogP contribution >= 0.6 is 0 Å². The standard InChI is InChI=1S/C20H22N2O5/c1-12-9-14(19(24)22-8-4-3-5-13(22)2)6-7-16(12)21-18(23)17-10-15(11-27-17)20(25)26/h6-7,9-11,13H,3-5,8H2,1-2H3,(H,21,23)(H,25,26). The third-order valence-corrected chi connectivity index (χ3v) is 4.86. The Balaban J connectivity index is 1.73. The molecule has 1 unspecified atom stereocenters. The van der Waals surface area contributed by atoms with E-state index < -0.39 is 11.9 Å². The van der Waals surface area contributed by atoms with Gasteiger partial charge in [0.25, 0.3) is 11.8 Å². The van der Waals surface area contributed by atoms with Crippen molar-refractivity contribution in [3.63, 3.8) is 0 Å². The zero-order chi connectivity index (χ0) is 19.6. The average molecular weight is 370 g/mol. The van der Waals surface area contributed by atoms with Crippen molar-refractivity contribution in [2.45, 2.75) is 39.2 Å². The minimum Gasteiger partial charge on any atom is -0.478 e. The van der Waals surface area contributed by atoms with E-state index >= 15 is 0 Å². The van der Waals surface area contributed by atoms with E-state index in [1.807, 2.05) is 4.90 Å². The number of benzene rings is 1. The molecule has 27 heavy (non-hydrogen) atoms. The van der Waals surface area contributed by atoms with Gasteiger partial charge >= 0.3 is 5.97 Å². The summed E-state index contributed by atoms with van der Waals surface area (Å²) in [7, 11) is 0. The molecule has 1 fully saturated rings. The van der Waals surface area contributed by atoms with Crippen LogP contribution < -0.4 is 5.32 Å². The van der Waals surface area contributed by atoms with Crippen LogP contribution in [0.3, 0.4) is 0 Å². The van der Waals surface area contributed by atoms with Gasteiger partial charge in [-0.3, -0.25) is 9.59 Å². The van der Waals surface area contributed by atoms with Crippen molar-refractivity contribution in [1.82, 2.24) is 4.90 Å². The quantitative estimate of drug-likeness (QED) is 0.857. The molecule has 0 spiro atoms. The summed E-state index contributed by atoms with van der Waals surface area (Å²) in [5.74, 6) is -1.80. The van der Waals surface area contributed by atoms with Gasteiger partial charge in [-0.15, -0.1) is 0 Å². The fraction of sp³-hybridized carbons (Fsp3) is 0.350. The predicted octanol–water partition coefficient (Wildman–Crippen LogP) is 3.55. The van der Waals surface area contributed by atoms with Gasteiger partial charge < -0.3 is 19.7 Å². The number of carboxylic acid groups (broad SMARTS) is 1. The molecule has 1 aliphatic rings. The molecule has 1 aromatic heterocycles. The number of nitrogens with zero attached hydrogens (tertiary/aromatic N) is 1. The van der Waals surface area contributed by atoms with E-state index in [4.69, 9.17) is 9.52 Å². The summed E-state index contributed by atoms with van der Waals surface area (Å²) >= 11 is 0. The van der Waals surface area contributed by atoms with E-state index in [1.165, 1.54) is 6.07 Å². The van der Waals surface area contributed by atoms with Crippen molar-refractivity contribution in [3.05, 3.63) is 53.0 Å². The number of hydrogen-bond acceptors (Lipinski definition) is 4. The van der Waals surface area contributed by atoms with Gasteiger partial charge in [-0.05, 0) is 56.9 Å². The highest BCUT2D eigenvalue weighted by Crippen LogP contribution is 2.23. The molecule has 2 N–H and O–H groups in total. The molecule has 0 radical (unpaired) electrons. The van der Waals surface area contributed by atoms with E-state index in [-0.39, 0.29) is 23.3 Å². The molecule has 1 atom stereocenters. The number of piperidine rings is 1. The summed E-state index contributed by atoms with van der Waals surface area (Å²) < 4.78 is 5.00. The first-order valence-corrected chi connectivity index (χ1v) is 8.91. The van der Waals surface area contributed by atoms with Crippen molar-refractivity contribution in [2.75, 3.05) is 11.9 Å². The van der Waals surface area contributed by atoms with Crippen LogP contribution in [0.4, 0.5) is 5.69 Å². The minimum atomic E-state index is -1.16. The number of hydrogen-bond donors (Lipinski definition) is 2. The van der Waals surface area contributed by atoms with E-state index in [0.717, 1.165) is 37.6 Å². The van der Waals surface area contributed by atoms with Gasteiger partial charge in [0.2, 0.25) is 0 Å². The second kappa shape index (κ2) is 7.65. The molecule has 2 heterocycles. The van der Waals surface area contributed by atoms with Crippen LogP contribution in [0.15, 0.2) is 34.9 Å². The maximum Gasteiger partial charge on any atom is 0.338 e. The Hall–Kier alpha value is -3.09. The van der Waals surface area contributed by atoms with E-state index in [2.05, 4.69) is 12.2 Å². The van der Waals surface area contributed by atoms with Crippen molar-refractivity contribution in [3.8, 4) is 0 Å². The summed E-state index contributed by atoms with van der Waals surface area (Å²) in [6.45, 7) is 4.63. The highest BCUT2D eigenvalue weighted by atomic mass is 16.4. The number of furan rings is 1. The lowest BCUT2D eigenvalue weighted by molar-refractivity contribution is 0.0634. The molecule has 0 saturated carbocycles. The predicted molar refractivity (Wildman–Crippen MR) is 99.1 cm³/mol. The van der Waals surface area contributed by atoms with Crippen LogP contribution in [-0.4, -0.2) is 40.4 Å². The number of carbonyl (C=O) groups excluding carboxylic acids is 2. The summed E-state index contributed by atoms with van der Waals surface area (Å²) in [5, 5.41) is 11.6. The maximum absolute atomic E-state index is 12.8. The zero-order valence-corrected chi connectivity index (χ0v) is 15.3. The average Bonchev–Trinajstić information content (AvgIpc) is 3.14. The number of aryl methyl sites for hydroxylation is 1. The topological polar surface area (TPSA) is 99.9 Å². The van der Waals surface area contributed by atoms with Crippen LogP contribution in [0.1, 0.15) is 63.0 Å². The SMILES string of the molecule is Cc1cc(C(=O)N2CCCCC2C)ccc1NC(=O)c1cc(C(=O)O)co1. The van der Waals surface area contributed by atoms with E-state index in [1.54, 1.807) is 25.1 Å². The number of carboxylic acids is 1. The first-order valence-electron chi connectivity index (χ1n) is 8.91. The van der Waals surface area contributed by atoms with Gasteiger partial charge in [0.05, 0.1) is 5.56 Å². The molecule has 2 amide bonds. The monoisotopic (exact) mass is 370 g/mol. The van der Waals surface area contributed by atoms with Crippen LogP contribution in [0, 0.1) is 6.92 Å². The van der Waals surface area contributed by atoms with Crippen LogP contribution in [0.2, 0.25) is 0 Å². The number of amides is 2. The molecular formula is C20H22N2O5. The van der Waals surface area contributed by atoms with Crippen molar-refractivity contribution in [1.29, 1.82) is 0 Å². The molecule has 7 heteroatoms. The fourth-order valence-corrected chi connectivity index (χ4v) is 3.25. The Bertz CT molecular complexity index is 886. The second-order valence-electron chi connectivity index (χ2n) is 6.83. The number of carbonyl (C=O) groups is 3. The van der Waals surface area contributed by atoms with Crippen LogP contribution in [0.25, 0.3) is 0 Å². The van der Waals surface area contributed by atoms with Gasteiger partial charge in [-0.2, -0.15) is 0 Å². The largest absolute Gasteiger partial charge is 0.478 e. The molecule has 1 saturated heterocycles. The Morgan fingerprint density at radius 2 is 1.96 bits per heavy atom. The number of anilines is 1. The first kappa shape index (κ1) is 18.7. The number of aromatic carboxylic acids is 1. The summed E-state index contributed by atoms with van der Waals surface area (Å²) in [6, 6.07) is 6.52. The number of nitrogens with one attached hydrogen (secondary N) is 1. The highest BCUT2D eigenvalue weighted by Gasteiger charge is 2.24. The van der Waals surface area contributed by atoms with Crippen molar-refractivity contribution < 1.29 is 23.9 Å². The molecule has 1 aromatic carbocycles. The third kappa shape index (κ3) is 4.02. The summed E-state index contributed by atoms with van der Waals surface area (Å²) in [4.78, 5) is 37.8. The van der Waals surface area contributed by atoms with Gasteiger partial charge in [-0.25, -0.2) is 4.79 Å². The highest BCUT2D eigenvalue weighted by molar-refractivity contribution is 6.04. The zero-order valence-electron chi connectivity index (χ0n) is 15.3.